The highest BCUT2D eigenvalue weighted by atomic mass is 15.2. The Kier molecular flexibility index (Phi) is 7.18. The second-order valence-electron chi connectivity index (χ2n) is 12.4. The van der Waals surface area contributed by atoms with E-state index in [1.165, 1.54) is 43.8 Å². The summed E-state index contributed by atoms with van der Waals surface area (Å²) in [6, 6.07) is 69.8. The number of rotatable bonds is 6. The van der Waals surface area contributed by atoms with Gasteiger partial charge in [0.1, 0.15) is 11.4 Å². The summed E-state index contributed by atoms with van der Waals surface area (Å²) in [5, 5.41) is 4.94. The Balaban J connectivity index is 1.35. The number of aromatic nitrogens is 2. The van der Waals surface area contributed by atoms with Crippen molar-refractivity contribution in [2.24, 2.45) is 0 Å². The van der Waals surface area contributed by atoms with Gasteiger partial charge in [-0.2, -0.15) is 9.13 Å². The van der Waals surface area contributed by atoms with Crippen molar-refractivity contribution >= 4 is 21.5 Å². The molecule has 9 rings (SSSR count). The molecule has 0 radical (unpaired) electrons. The zero-order valence-electron chi connectivity index (χ0n) is 26.9. The molecule has 0 bridgehead atoms. The van der Waals surface area contributed by atoms with Crippen molar-refractivity contribution in [2.75, 3.05) is 0 Å². The SMILES string of the molecule is c1ccc(-c2c(-c3ccccc3)[n+](-c3ccccc3-c3ccc4ccccc4c3)cn2-c2ccccc2-c2ccc3ccccc3c2)cc1. The van der Waals surface area contributed by atoms with E-state index in [0.717, 1.165) is 33.9 Å². The van der Waals surface area contributed by atoms with Gasteiger partial charge < -0.3 is 0 Å². The normalized spacial score (nSPS) is 11.3. The van der Waals surface area contributed by atoms with E-state index in [9.17, 15) is 0 Å². The van der Waals surface area contributed by atoms with Crippen LogP contribution in [0, 0.1) is 0 Å². The zero-order valence-corrected chi connectivity index (χ0v) is 26.9. The first-order chi connectivity index (χ1) is 24.3. The smallest absolute Gasteiger partial charge is 0.193 e. The summed E-state index contributed by atoms with van der Waals surface area (Å²) in [6.07, 6.45) is 2.28. The highest BCUT2D eigenvalue weighted by molar-refractivity contribution is 5.90. The number of benzene rings is 8. The first-order valence-electron chi connectivity index (χ1n) is 16.8. The van der Waals surface area contributed by atoms with E-state index in [1.54, 1.807) is 0 Å². The molecular formula is C47H33N2+. The van der Waals surface area contributed by atoms with Gasteiger partial charge >= 0.3 is 0 Å². The lowest BCUT2D eigenvalue weighted by Crippen LogP contribution is -2.31. The molecule has 49 heavy (non-hydrogen) atoms. The van der Waals surface area contributed by atoms with Crippen LogP contribution in [-0.2, 0) is 0 Å². The molecule has 0 amide bonds. The number of para-hydroxylation sites is 2. The first kappa shape index (κ1) is 28.7. The van der Waals surface area contributed by atoms with Gasteiger partial charge in [-0.25, -0.2) is 0 Å². The molecule has 9 aromatic rings. The third kappa shape index (κ3) is 5.21. The maximum Gasteiger partial charge on any atom is 0.255 e. The van der Waals surface area contributed by atoms with Crippen LogP contribution < -0.4 is 4.57 Å². The number of imidazole rings is 1. The average Bonchev–Trinajstić information content (AvgIpc) is 3.59. The summed E-state index contributed by atoms with van der Waals surface area (Å²) in [5.74, 6) is 0. The molecule has 0 aliphatic carbocycles. The van der Waals surface area contributed by atoms with Gasteiger partial charge in [0.2, 0.25) is 0 Å². The van der Waals surface area contributed by atoms with E-state index in [2.05, 4.69) is 210 Å². The molecule has 0 saturated carbocycles. The predicted molar refractivity (Wildman–Crippen MR) is 204 cm³/mol. The van der Waals surface area contributed by atoms with Crippen molar-refractivity contribution in [3.05, 3.63) is 200 Å². The fourth-order valence-corrected chi connectivity index (χ4v) is 7.14. The molecule has 1 aromatic heterocycles. The maximum absolute atomic E-state index is 2.39. The fourth-order valence-electron chi connectivity index (χ4n) is 7.14. The number of fused-ring (bicyclic) bond motifs is 2. The summed E-state index contributed by atoms with van der Waals surface area (Å²) in [6.45, 7) is 0. The number of nitrogens with zero attached hydrogens (tertiary/aromatic N) is 2. The van der Waals surface area contributed by atoms with Crippen molar-refractivity contribution < 1.29 is 4.57 Å². The Morgan fingerprint density at radius 3 is 1.49 bits per heavy atom. The Bertz CT molecular complexity index is 2420. The van der Waals surface area contributed by atoms with Crippen LogP contribution in [0.3, 0.4) is 0 Å². The Morgan fingerprint density at radius 1 is 0.347 bits per heavy atom. The molecule has 0 spiro atoms. The standard InChI is InChI=1S/C47H33N2/c1-3-17-36(18-4-1)46-47(37-19-5-2-6-20-37)49(45-26-14-12-24-43(45)41-30-28-35-16-8-10-22-39(35)32-41)33-48(46)44-25-13-11-23-42(44)40-29-27-34-15-7-9-21-38(34)31-40/h1-33H/q+1. The molecule has 0 N–H and O–H groups in total. The van der Waals surface area contributed by atoms with Crippen LogP contribution in [0.5, 0.6) is 0 Å². The molecule has 0 aliphatic heterocycles. The third-order valence-electron chi connectivity index (χ3n) is 9.48. The molecule has 1 heterocycles. The van der Waals surface area contributed by atoms with Gasteiger partial charge in [0.05, 0.1) is 0 Å². The van der Waals surface area contributed by atoms with Crippen LogP contribution >= 0.6 is 0 Å². The lowest BCUT2D eigenvalue weighted by atomic mass is 9.98. The van der Waals surface area contributed by atoms with Crippen molar-refractivity contribution in [1.82, 2.24) is 4.57 Å². The van der Waals surface area contributed by atoms with Crippen LogP contribution in [0.2, 0.25) is 0 Å². The molecule has 2 nitrogen and oxygen atoms in total. The van der Waals surface area contributed by atoms with E-state index in [1.807, 2.05) is 0 Å². The van der Waals surface area contributed by atoms with Crippen molar-refractivity contribution in [1.29, 1.82) is 0 Å². The molecular weight excluding hydrogens is 593 g/mol. The highest BCUT2D eigenvalue weighted by Crippen LogP contribution is 2.38. The van der Waals surface area contributed by atoms with E-state index < -0.39 is 0 Å². The van der Waals surface area contributed by atoms with E-state index in [0.29, 0.717) is 0 Å². The molecule has 0 saturated heterocycles. The second kappa shape index (κ2) is 12.3. The van der Waals surface area contributed by atoms with E-state index in [4.69, 9.17) is 0 Å². The molecule has 2 heteroatoms. The summed E-state index contributed by atoms with van der Waals surface area (Å²) < 4.78 is 4.78. The largest absolute Gasteiger partial charge is 0.255 e. The zero-order chi connectivity index (χ0) is 32.6. The van der Waals surface area contributed by atoms with Gasteiger partial charge in [0.15, 0.2) is 11.4 Å². The summed E-state index contributed by atoms with van der Waals surface area (Å²) in [5.41, 5.74) is 11.5. The summed E-state index contributed by atoms with van der Waals surface area (Å²) >= 11 is 0. The molecule has 0 unspecified atom stereocenters. The van der Waals surface area contributed by atoms with Gasteiger partial charge in [-0.15, -0.1) is 0 Å². The Hall–Kier alpha value is -6.51. The fraction of sp³-hybridized carbons (Fsp3) is 0. The van der Waals surface area contributed by atoms with Gasteiger partial charge in [-0.3, -0.25) is 0 Å². The first-order valence-corrected chi connectivity index (χ1v) is 16.8. The minimum absolute atomic E-state index is 1.12. The van der Waals surface area contributed by atoms with Crippen LogP contribution in [0.1, 0.15) is 0 Å². The summed E-state index contributed by atoms with van der Waals surface area (Å²) in [7, 11) is 0. The van der Waals surface area contributed by atoms with Crippen LogP contribution in [0.25, 0.3) is 77.7 Å². The van der Waals surface area contributed by atoms with Gasteiger partial charge in [-0.1, -0.05) is 170 Å². The topological polar surface area (TPSA) is 8.81 Å². The predicted octanol–water partition coefficient (Wildman–Crippen LogP) is 11.7. The van der Waals surface area contributed by atoms with Gasteiger partial charge in [0.25, 0.3) is 6.33 Å². The molecule has 0 fully saturated rings. The molecule has 8 aromatic carbocycles. The highest BCUT2D eigenvalue weighted by Gasteiger charge is 2.30. The number of hydrogen-bond acceptors (Lipinski definition) is 0. The average molecular weight is 626 g/mol. The Morgan fingerprint density at radius 2 is 0.837 bits per heavy atom. The van der Waals surface area contributed by atoms with Gasteiger partial charge in [0, 0.05) is 22.3 Å². The molecule has 0 atom stereocenters. The van der Waals surface area contributed by atoms with Crippen LogP contribution in [0.15, 0.2) is 200 Å². The van der Waals surface area contributed by atoms with Crippen LogP contribution in [-0.4, -0.2) is 4.57 Å². The number of hydrogen-bond donors (Lipinski definition) is 0. The van der Waals surface area contributed by atoms with Crippen molar-refractivity contribution in [3.63, 3.8) is 0 Å². The summed E-state index contributed by atoms with van der Waals surface area (Å²) in [4.78, 5) is 0. The Labute approximate surface area is 286 Å². The lowest BCUT2D eigenvalue weighted by Gasteiger charge is -2.11. The molecule has 230 valence electrons. The molecule has 0 aliphatic rings. The van der Waals surface area contributed by atoms with E-state index >= 15 is 0 Å². The quantitative estimate of drug-likeness (QED) is 0.163. The minimum atomic E-state index is 1.12. The van der Waals surface area contributed by atoms with E-state index in [-0.39, 0.29) is 0 Å². The maximum atomic E-state index is 2.39. The third-order valence-corrected chi connectivity index (χ3v) is 9.48. The minimum Gasteiger partial charge on any atom is -0.193 e. The van der Waals surface area contributed by atoms with Crippen LogP contribution in [0.4, 0.5) is 0 Å². The van der Waals surface area contributed by atoms with Crippen molar-refractivity contribution in [2.45, 2.75) is 0 Å². The second-order valence-corrected chi connectivity index (χ2v) is 12.4. The monoisotopic (exact) mass is 625 g/mol. The van der Waals surface area contributed by atoms with Gasteiger partial charge in [-0.05, 0) is 56.9 Å². The van der Waals surface area contributed by atoms with Crippen molar-refractivity contribution in [3.8, 4) is 56.1 Å². The lowest BCUT2D eigenvalue weighted by molar-refractivity contribution is -0.582.